The molecule has 0 aliphatic heterocycles. The SMILES string of the molecule is CSc1ccc2cc(C[NH2+][C@H](C)c3ccc(F)c(F)c3)c(Cl)nc2c1. The lowest BCUT2D eigenvalue weighted by molar-refractivity contribution is -0.707. The van der Waals surface area contributed by atoms with Crippen molar-refractivity contribution in [3.63, 3.8) is 0 Å². The van der Waals surface area contributed by atoms with E-state index in [-0.39, 0.29) is 6.04 Å². The van der Waals surface area contributed by atoms with Gasteiger partial charge in [-0.15, -0.1) is 11.8 Å². The summed E-state index contributed by atoms with van der Waals surface area (Å²) in [7, 11) is 0. The van der Waals surface area contributed by atoms with Crippen LogP contribution in [0.25, 0.3) is 10.9 Å². The molecule has 1 atom stereocenters. The van der Waals surface area contributed by atoms with E-state index in [1.54, 1.807) is 17.8 Å². The number of hydrogen-bond acceptors (Lipinski definition) is 2. The minimum atomic E-state index is -0.831. The zero-order chi connectivity index (χ0) is 18.0. The minimum absolute atomic E-state index is 0.0271. The number of nitrogens with zero attached hydrogens (tertiary/aromatic N) is 1. The molecule has 2 aromatic carbocycles. The maximum atomic E-state index is 13.4. The van der Waals surface area contributed by atoms with Gasteiger partial charge in [0.15, 0.2) is 11.6 Å². The number of benzene rings is 2. The Balaban J connectivity index is 1.78. The summed E-state index contributed by atoms with van der Waals surface area (Å²) < 4.78 is 26.4. The number of thioether (sulfide) groups is 1. The van der Waals surface area contributed by atoms with Crippen molar-refractivity contribution in [3.8, 4) is 0 Å². The zero-order valence-corrected chi connectivity index (χ0v) is 15.5. The van der Waals surface area contributed by atoms with Crippen LogP contribution >= 0.6 is 23.4 Å². The van der Waals surface area contributed by atoms with Gasteiger partial charge in [0.05, 0.1) is 5.52 Å². The molecule has 0 aliphatic carbocycles. The number of hydrogen-bond donors (Lipinski definition) is 1. The van der Waals surface area contributed by atoms with Crippen LogP contribution in [0.4, 0.5) is 8.78 Å². The van der Waals surface area contributed by atoms with E-state index in [9.17, 15) is 8.78 Å². The van der Waals surface area contributed by atoms with E-state index in [4.69, 9.17) is 11.6 Å². The first-order chi connectivity index (χ1) is 12.0. The van der Waals surface area contributed by atoms with Gasteiger partial charge in [0, 0.05) is 21.4 Å². The van der Waals surface area contributed by atoms with Gasteiger partial charge in [-0.3, -0.25) is 0 Å². The lowest BCUT2D eigenvalue weighted by atomic mass is 10.1. The van der Waals surface area contributed by atoms with Crippen LogP contribution in [0.2, 0.25) is 5.15 Å². The van der Waals surface area contributed by atoms with E-state index in [2.05, 4.69) is 11.1 Å². The van der Waals surface area contributed by atoms with Crippen molar-refractivity contribution in [3.05, 3.63) is 70.4 Å². The van der Waals surface area contributed by atoms with Crippen molar-refractivity contribution in [1.29, 1.82) is 0 Å². The third kappa shape index (κ3) is 4.11. The molecular weight excluding hydrogens is 362 g/mol. The quantitative estimate of drug-likeness (QED) is 0.513. The van der Waals surface area contributed by atoms with Crippen LogP contribution in [0.5, 0.6) is 0 Å². The van der Waals surface area contributed by atoms with Crippen LogP contribution in [0.1, 0.15) is 24.1 Å². The fourth-order valence-corrected chi connectivity index (χ4v) is 3.33. The zero-order valence-electron chi connectivity index (χ0n) is 13.9. The van der Waals surface area contributed by atoms with Crippen LogP contribution in [0, 0.1) is 11.6 Å². The monoisotopic (exact) mass is 379 g/mol. The molecule has 0 aliphatic rings. The Bertz CT molecular complexity index is 917. The molecule has 130 valence electrons. The molecule has 0 unspecified atom stereocenters. The van der Waals surface area contributed by atoms with Gasteiger partial charge in [0.2, 0.25) is 0 Å². The molecule has 2 N–H and O–H groups in total. The molecule has 3 aromatic rings. The van der Waals surface area contributed by atoms with E-state index in [0.29, 0.717) is 11.7 Å². The Morgan fingerprint density at radius 1 is 1.12 bits per heavy atom. The van der Waals surface area contributed by atoms with Crippen molar-refractivity contribution in [1.82, 2.24) is 4.98 Å². The number of aromatic nitrogens is 1. The van der Waals surface area contributed by atoms with Gasteiger partial charge in [-0.05, 0) is 49.6 Å². The summed E-state index contributed by atoms with van der Waals surface area (Å²) in [6, 6.07) is 12.1. The maximum Gasteiger partial charge on any atom is 0.159 e. The van der Waals surface area contributed by atoms with Gasteiger partial charge in [-0.2, -0.15) is 0 Å². The lowest BCUT2D eigenvalue weighted by Gasteiger charge is -2.12. The van der Waals surface area contributed by atoms with Gasteiger partial charge in [-0.1, -0.05) is 17.7 Å². The van der Waals surface area contributed by atoms with Gasteiger partial charge in [0.25, 0.3) is 0 Å². The molecule has 1 heterocycles. The van der Waals surface area contributed by atoms with E-state index < -0.39 is 11.6 Å². The highest BCUT2D eigenvalue weighted by atomic mass is 35.5. The number of rotatable bonds is 5. The summed E-state index contributed by atoms with van der Waals surface area (Å²) in [5, 5.41) is 3.53. The fourth-order valence-electron chi connectivity index (χ4n) is 2.67. The topological polar surface area (TPSA) is 29.5 Å². The first-order valence-corrected chi connectivity index (χ1v) is 9.49. The molecule has 25 heavy (non-hydrogen) atoms. The molecule has 1 aromatic heterocycles. The molecule has 0 saturated heterocycles. The third-order valence-electron chi connectivity index (χ3n) is 4.21. The predicted octanol–water partition coefficient (Wildman–Crippen LogP) is 4.71. The summed E-state index contributed by atoms with van der Waals surface area (Å²) in [5.74, 6) is -1.66. The second-order valence-electron chi connectivity index (χ2n) is 5.90. The highest BCUT2D eigenvalue weighted by Crippen LogP contribution is 2.24. The Labute approximate surface area is 154 Å². The van der Waals surface area contributed by atoms with Gasteiger partial charge >= 0.3 is 0 Å². The summed E-state index contributed by atoms with van der Waals surface area (Å²) in [6.07, 6.45) is 2.02. The molecule has 0 fully saturated rings. The molecule has 0 saturated carbocycles. The first-order valence-electron chi connectivity index (χ1n) is 7.89. The highest BCUT2D eigenvalue weighted by Gasteiger charge is 2.14. The summed E-state index contributed by atoms with van der Waals surface area (Å²) in [5.41, 5.74) is 2.52. The standard InChI is InChI=1S/C19H17ClF2N2S/c1-11(12-4-6-16(21)17(22)8-12)23-10-14-7-13-3-5-15(25-2)9-18(13)24-19(14)20/h3-9,11,23H,10H2,1-2H3/p+1/t11-/m1/s1. The van der Waals surface area contributed by atoms with Gasteiger partial charge in [0.1, 0.15) is 17.7 Å². The van der Waals surface area contributed by atoms with Gasteiger partial charge in [-0.25, -0.2) is 13.8 Å². The molecule has 0 radical (unpaired) electrons. The van der Waals surface area contributed by atoms with Crippen molar-refractivity contribution in [2.45, 2.75) is 24.4 Å². The maximum absolute atomic E-state index is 13.4. The van der Waals surface area contributed by atoms with Crippen LogP contribution in [-0.4, -0.2) is 11.2 Å². The molecule has 0 spiro atoms. The predicted molar refractivity (Wildman–Crippen MR) is 98.9 cm³/mol. The Morgan fingerprint density at radius 2 is 1.92 bits per heavy atom. The van der Waals surface area contributed by atoms with Crippen LogP contribution < -0.4 is 5.32 Å². The van der Waals surface area contributed by atoms with Crippen LogP contribution in [0.15, 0.2) is 47.4 Å². The third-order valence-corrected chi connectivity index (χ3v) is 5.26. The summed E-state index contributed by atoms with van der Waals surface area (Å²) in [4.78, 5) is 5.62. The largest absolute Gasteiger partial charge is 0.336 e. The Kier molecular flexibility index (Phi) is 5.57. The van der Waals surface area contributed by atoms with Crippen molar-refractivity contribution >= 4 is 34.3 Å². The van der Waals surface area contributed by atoms with Crippen molar-refractivity contribution in [2.75, 3.05) is 6.26 Å². The van der Waals surface area contributed by atoms with E-state index >= 15 is 0 Å². The van der Waals surface area contributed by atoms with Crippen LogP contribution in [-0.2, 0) is 6.54 Å². The number of pyridine rings is 1. The summed E-state index contributed by atoms with van der Waals surface area (Å²) >= 11 is 7.99. The van der Waals surface area contributed by atoms with Crippen LogP contribution in [0.3, 0.4) is 0 Å². The number of fused-ring (bicyclic) bond motifs is 1. The average Bonchev–Trinajstić information content (AvgIpc) is 2.61. The molecule has 3 rings (SSSR count). The number of halogens is 3. The smallest absolute Gasteiger partial charge is 0.159 e. The first kappa shape index (κ1) is 18.1. The van der Waals surface area contributed by atoms with Crippen molar-refractivity contribution < 1.29 is 14.1 Å². The lowest BCUT2D eigenvalue weighted by Crippen LogP contribution is -2.83. The second-order valence-corrected chi connectivity index (χ2v) is 7.14. The number of quaternary nitrogens is 1. The highest BCUT2D eigenvalue weighted by molar-refractivity contribution is 7.98. The van der Waals surface area contributed by atoms with E-state index in [0.717, 1.165) is 33.0 Å². The van der Waals surface area contributed by atoms with Gasteiger partial charge < -0.3 is 5.32 Å². The summed E-state index contributed by atoms with van der Waals surface area (Å²) in [6.45, 7) is 2.55. The van der Waals surface area contributed by atoms with Crippen molar-refractivity contribution in [2.24, 2.45) is 0 Å². The fraction of sp³-hybridized carbons (Fsp3) is 0.211. The average molecular weight is 380 g/mol. The van der Waals surface area contributed by atoms with E-state index in [1.165, 1.54) is 6.07 Å². The number of nitrogens with two attached hydrogens (primary N) is 1. The normalized spacial score (nSPS) is 12.5. The second kappa shape index (κ2) is 7.68. The minimum Gasteiger partial charge on any atom is -0.336 e. The molecule has 2 nitrogen and oxygen atoms in total. The Hall–Kier alpha value is -1.69. The molecule has 0 bridgehead atoms. The molecule has 6 heteroatoms. The Morgan fingerprint density at radius 3 is 2.64 bits per heavy atom. The van der Waals surface area contributed by atoms with E-state index in [1.807, 2.05) is 36.7 Å². The molecular formula is C19H18ClF2N2S+. The molecule has 0 amide bonds.